The first kappa shape index (κ1) is 10.1. The topological polar surface area (TPSA) is 60.2 Å². The second-order valence-corrected chi connectivity index (χ2v) is 3.95. The molecule has 2 rings (SSSR count). The minimum atomic E-state index is 0.492. The van der Waals surface area contributed by atoms with Gasteiger partial charge in [0, 0.05) is 6.54 Å². The second kappa shape index (κ2) is 4.38. The number of nitrogens with two attached hydrogens (primary N) is 1. The number of hydrogen-bond acceptors (Lipinski definition) is 4. The Bertz CT molecular complexity index is 337. The predicted octanol–water partition coefficient (Wildman–Crippen LogP) is 1.88. The summed E-state index contributed by atoms with van der Waals surface area (Å²) in [5.74, 6) is 2.27. The molecular weight excluding hydrogens is 190 g/mol. The average Bonchev–Trinajstić information content (AvgIpc) is 3.04. The molecule has 0 amide bonds. The monoisotopic (exact) mass is 207 g/mol. The van der Waals surface area contributed by atoms with Gasteiger partial charge in [0.25, 0.3) is 0 Å². The number of anilines is 2. The van der Waals surface area contributed by atoms with Crippen LogP contribution in [0.15, 0.2) is 12.1 Å². The molecular formula is C11H17N3O. The third-order valence-corrected chi connectivity index (χ3v) is 2.64. The van der Waals surface area contributed by atoms with Gasteiger partial charge in [0.2, 0.25) is 5.88 Å². The van der Waals surface area contributed by atoms with Crippen LogP contribution >= 0.6 is 0 Å². The summed E-state index contributed by atoms with van der Waals surface area (Å²) in [6.45, 7) is 0.977. The molecule has 0 spiro atoms. The molecule has 1 aromatic heterocycles. The molecule has 3 N–H and O–H groups in total. The number of pyridine rings is 1. The number of ether oxygens (including phenoxy) is 1. The molecule has 0 bridgehead atoms. The van der Waals surface area contributed by atoms with Crippen LogP contribution in [0.1, 0.15) is 19.3 Å². The van der Waals surface area contributed by atoms with E-state index in [1.165, 1.54) is 19.3 Å². The van der Waals surface area contributed by atoms with Gasteiger partial charge in [-0.3, -0.25) is 0 Å². The molecule has 1 saturated carbocycles. The summed E-state index contributed by atoms with van der Waals surface area (Å²) in [5, 5.41) is 3.27. The first-order valence-electron chi connectivity index (χ1n) is 5.34. The maximum Gasteiger partial charge on any atom is 0.238 e. The summed E-state index contributed by atoms with van der Waals surface area (Å²) >= 11 is 0. The molecule has 0 saturated heterocycles. The second-order valence-electron chi connectivity index (χ2n) is 3.95. The van der Waals surface area contributed by atoms with Crippen LogP contribution in [0.3, 0.4) is 0 Å². The fourth-order valence-electron chi connectivity index (χ4n) is 1.52. The van der Waals surface area contributed by atoms with Gasteiger partial charge in [-0.2, -0.15) is 4.98 Å². The fourth-order valence-corrected chi connectivity index (χ4v) is 1.52. The van der Waals surface area contributed by atoms with Crippen molar-refractivity contribution in [2.24, 2.45) is 5.92 Å². The third-order valence-electron chi connectivity index (χ3n) is 2.64. The SMILES string of the molecule is COc1nc(NCCC2CC2)ccc1N. The van der Waals surface area contributed by atoms with E-state index in [2.05, 4.69) is 10.3 Å². The van der Waals surface area contributed by atoms with Crippen molar-refractivity contribution in [3.8, 4) is 5.88 Å². The van der Waals surface area contributed by atoms with Crippen LogP contribution < -0.4 is 15.8 Å². The summed E-state index contributed by atoms with van der Waals surface area (Å²) in [6, 6.07) is 3.69. The third kappa shape index (κ3) is 2.75. The molecule has 82 valence electrons. The Kier molecular flexibility index (Phi) is 2.94. The lowest BCUT2D eigenvalue weighted by molar-refractivity contribution is 0.401. The Morgan fingerprint density at radius 1 is 1.53 bits per heavy atom. The van der Waals surface area contributed by atoms with Crippen LogP contribution in [-0.4, -0.2) is 18.6 Å². The van der Waals surface area contributed by atoms with E-state index in [0.29, 0.717) is 11.6 Å². The van der Waals surface area contributed by atoms with Crippen molar-refractivity contribution in [2.45, 2.75) is 19.3 Å². The van der Waals surface area contributed by atoms with Crippen molar-refractivity contribution >= 4 is 11.5 Å². The summed E-state index contributed by atoms with van der Waals surface area (Å²) in [5.41, 5.74) is 6.25. The average molecular weight is 207 g/mol. The summed E-state index contributed by atoms with van der Waals surface area (Å²) in [6.07, 6.45) is 4.01. The molecule has 0 radical (unpaired) electrons. The minimum Gasteiger partial charge on any atom is -0.479 e. The molecule has 15 heavy (non-hydrogen) atoms. The van der Waals surface area contributed by atoms with Gasteiger partial charge in [0.15, 0.2) is 0 Å². The summed E-state index contributed by atoms with van der Waals surface area (Å²) in [7, 11) is 1.58. The van der Waals surface area contributed by atoms with E-state index in [1.54, 1.807) is 7.11 Å². The molecule has 0 aromatic carbocycles. The number of aromatic nitrogens is 1. The lowest BCUT2D eigenvalue weighted by atomic mass is 10.3. The first-order valence-corrected chi connectivity index (χ1v) is 5.34. The van der Waals surface area contributed by atoms with Crippen LogP contribution in [0.4, 0.5) is 11.5 Å². The van der Waals surface area contributed by atoms with Gasteiger partial charge >= 0.3 is 0 Å². The molecule has 4 heteroatoms. The number of hydrogen-bond donors (Lipinski definition) is 2. The highest BCUT2D eigenvalue weighted by Crippen LogP contribution is 2.32. The van der Waals surface area contributed by atoms with Gasteiger partial charge in [-0.25, -0.2) is 0 Å². The highest BCUT2D eigenvalue weighted by atomic mass is 16.5. The van der Waals surface area contributed by atoms with E-state index in [1.807, 2.05) is 12.1 Å². The van der Waals surface area contributed by atoms with Gasteiger partial charge in [0.1, 0.15) is 5.82 Å². The molecule has 1 heterocycles. The number of nitrogens with zero attached hydrogens (tertiary/aromatic N) is 1. The van der Waals surface area contributed by atoms with E-state index < -0.39 is 0 Å². The van der Waals surface area contributed by atoms with E-state index in [0.717, 1.165) is 18.3 Å². The lowest BCUT2D eigenvalue weighted by Crippen LogP contribution is -2.05. The highest BCUT2D eigenvalue weighted by molar-refractivity contribution is 5.53. The van der Waals surface area contributed by atoms with Gasteiger partial charge < -0.3 is 15.8 Å². The zero-order valence-electron chi connectivity index (χ0n) is 8.99. The summed E-state index contributed by atoms with van der Waals surface area (Å²) in [4.78, 5) is 4.25. The van der Waals surface area contributed by atoms with Crippen LogP contribution in [-0.2, 0) is 0 Å². The largest absolute Gasteiger partial charge is 0.479 e. The summed E-state index contributed by atoms with van der Waals surface area (Å²) < 4.78 is 5.05. The number of rotatable bonds is 5. The zero-order chi connectivity index (χ0) is 10.7. The van der Waals surface area contributed by atoms with E-state index >= 15 is 0 Å². The van der Waals surface area contributed by atoms with Crippen molar-refractivity contribution in [3.05, 3.63) is 12.1 Å². The van der Waals surface area contributed by atoms with E-state index in [4.69, 9.17) is 10.5 Å². The first-order chi connectivity index (χ1) is 7.29. The predicted molar refractivity (Wildman–Crippen MR) is 61.0 cm³/mol. The van der Waals surface area contributed by atoms with E-state index in [-0.39, 0.29) is 0 Å². The van der Waals surface area contributed by atoms with Crippen molar-refractivity contribution in [3.63, 3.8) is 0 Å². The number of methoxy groups -OCH3 is 1. The normalized spacial score (nSPS) is 15.0. The van der Waals surface area contributed by atoms with Gasteiger partial charge in [-0.05, 0) is 24.5 Å². The maximum atomic E-state index is 5.67. The maximum absolute atomic E-state index is 5.67. The van der Waals surface area contributed by atoms with Crippen molar-refractivity contribution in [1.82, 2.24) is 4.98 Å². The van der Waals surface area contributed by atoms with Crippen LogP contribution in [0.2, 0.25) is 0 Å². The minimum absolute atomic E-state index is 0.492. The Balaban J connectivity index is 1.89. The van der Waals surface area contributed by atoms with Gasteiger partial charge in [-0.1, -0.05) is 12.8 Å². The van der Waals surface area contributed by atoms with Gasteiger partial charge in [0.05, 0.1) is 12.8 Å². The smallest absolute Gasteiger partial charge is 0.238 e. The number of nitrogens with one attached hydrogen (secondary N) is 1. The van der Waals surface area contributed by atoms with Crippen molar-refractivity contribution < 1.29 is 4.74 Å². The van der Waals surface area contributed by atoms with E-state index in [9.17, 15) is 0 Å². The van der Waals surface area contributed by atoms with Crippen molar-refractivity contribution in [1.29, 1.82) is 0 Å². The Labute approximate surface area is 89.8 Å². The highest BCUT2D eigenvalue weighted by Gasteiger charge is 2.20. The van der Waals surface area contributed by atoms with Crippen LogP contribution in [0.25, 0.3) is 0 Å². The molecule has 0 atom stereocenters. The molecule has 0 aliphatic heterocycles. The molecule has 4 nitrogen and oxygen atoms in total. The standard InChI is InChI=1S/C11H17N3O/c1-15-11-9(12)4-5-10(14-11)13-7-6-8-2-3-8/h4-5,8H,2-3,6-7,12H2,1H3,(H,13,14). The molecule has 1 aliphatic carbocycles. The molecule has 0 unspecified atom stereocenters. The molecule has 1 aliphatic rings. The zero-order valence-corrected chi connectivity index (χ0v) is 8.99. The fraction of sp³-hybridized carbons (Fsp3) is 0.545. The Hall–Kier alpha value is -1.45. The van der Waals surface area contributed by atoms with Crippen LogP contribution in [0.5, 0.6) is 5.88 Å². The molecule has 1 aromatic rings. The quantitative estimate of drug-likeness (QED) is 0.774. The Morgan fingerprint density at radius 3 is 3.00 bits per heavy atom. The van der Waals surface area contributed by atoms with Gasteiger partial charge in [-0.15, -0.1) is 0 Å². The number of nitrogen functional groups attached to an aromatic ring is 1. The molecule has 1 fully saturated rings. The van der Waals surface area contributed by atoms with Crippen LogP contribution in [0, 0.1) is 5.92 Å². The Morgan fingerprint density at radius 2 is 2.33 bits per heavy atom. The van der Waals surface area contributed by atoms with Crippen molar-refractivity contribution in [2.75, 3.05) is 24.7 Å². The lowest BCUT2D eigenvalue weighted by Gasteiger charge is -2.08.